The summed E-state index contributed by atoms with van der Waals surface area (Å²) in [7, 11) is 0. The smallest absolute Gasteiger partial charge is 0.305 e. The summed E-state index contributed by atoms with van der Waals surface area (Å²) in [6, 6.07) is 6.72. The molecule has 1 atom stereocenters. The van der Waals surface area contributed by atoms with Crippen LogP contribution in [0.3, 0.4) is 0 Å². The maximum Gasteiger partial charge on any atom is 0.305 e. The normalized spacial score (nSPS) is 11.9. The molecule has 0 aliphatic rings. The second-order valence-corrected chi connectivity index (χ2v) is 4.72. The molecule has 0 spiro atoms. The number of carboxylic acids is 1. The Morgan fingerprint density at radius 1 is 1.38 bits per heavy atom. The lowest BCUT2D eigenvalue weighted by Gasteiger charge is -2.11. The summed E-state index contributed by atoms with van der Waals surface area (Å²) in [5.74, 6) is -1.17. The first-order valence-corrected chi connectivity index (χ1v) is 5.85. The maximum atomic E-state index is 11.6. The Labute approximate surface area is 107 Å². The Morgan fingerprint density at radius 2 is 1.94 bits per heavy atom. The minimum Gasteiger partial charge on any atom is -0.481 e. The van der Waals surface area contributed by atoms with Gasteiger partial charge >= 0.3 is 5.97 Å². The Bertz CT molecular complexity index is 389. The molecule has 1 aromatic carbocycles. The lowest BCUT2D eigenvalue weighted by molar-refractivity contribution is -0.137. The van der Waals surface area contributed by atoms with Gasteiger partial charge in [0.05, 0.1) is 6.42 Å². The largest absolute Gasteiger partial charge is 0.481 e. The second-order valence-electron chi connectivity index (χ2n) is 3.48. The molecular weight excluding hydrogens is 321 g/mol. The molecular formula is C11H12INO3. The SMILES string of the molecule is CC(CC(=O)O)NC(=O)c1ccc(I)cc1. The number of hydrogen-bond acceptors (Lipinski definition) is 2. The zero-order chi connectivity index (χ0) is 12.1. The summed E-state index contributed by atoms with van der Waals surface area (Å²) in [6.07, 6.45) is -0.0733. The number of nitrogens with one attached hydrogen (secondary N) is 1. The molecule has 0 heterocycles. The molecule has 4 nitrogen and oxygen atoms in total. The van der Waals surface area contributed by atoms with Gasteiger partial charge in [-0.25, -0.2) is 0 Å². The van der Waals surface area contributed by atoms with Crippen molar-refractivity contribution in [3.05, 3.63) is 33.4 Å². The number of amides is 1. The third-order valence-corrected chi connectivity index (χ3v) is 2.68. The molecule has 1 rings (SSSR count). The molecule has 0 bridgehead atoms. The van der Waals surface area contributed by atoms with Crippen LogP contribution in [0, 0.1) is 3.57 Å². The first kappa shape index (κ1) is 13.0. The molecule has 16 heavy (non-hydrogen) atoms. The zero-order valence-electron chi connectivity index (χ0n) is 8.74. The van der Waals surface area contributed by atoms with E-state index >= 15 is 0 Å². The van der Waals surface area contributed by atoms with Crippen molar-refractivity contribution in [2.75, 3.05) is 0 Å². The Kier molecular flexibility index (Phi) is 4.72. The molecule has 0 radical (unpaired) electrons. The van der Waals surface area contributed by atoms with Crippen LogP contribution in [-0.2, 0) is 4.79 Å². The number of aliphatic carboxylic acids is 1. The first-order chi connectivity index (χ1) is 7.49. The summed E-state index contributed by atoms with van der Waals surface area (Å²) in [5, 5.41) is 11.2. The van der Waals surface area contributed by atoms with Crippen molar-refractivity contribution >= 4 is 34.5 Å². The maximum absolute atomic E-state index is 11.6. The van der Waals surface area contributed by atoms with Crippen LogP contribution in [0.4, 0.5) is 0 Å². The van der Waals surface area contributed by atoms with Gasteiger partial charge in [-0.3, -0.25) is 9.59 Å². The molecule has 0 saturated heterocycles. The summed E-state index contributed by atoms with van der Waals surface area (Å²) in [5.41, 5.74) is 0.539. The number of carbonyl (C=O) groups is 2. The zero-order valence-corrected chi connectivity index (χ0v) is 10.9. The van der Waals surface area contributed by atoms with Crippen molar-refractivity contribution in [1.29, 1.82) is 0 Å². The summed E-state index contributed by atoms with van der Waals surface area (Å²) in [4.78, 5) is 22.1. The molecule has 0 aliphatic heterocycles. The third kappa shape index (κ3) is 4.18. The van der Waals surface area contributed by atoms with Gasteiger partial charge in [0.15, 0.2) is 0 Å². The van der Waals surface area contributed by atoms with Gasteiger partial charge in [0.2, 0.25) is 0 Å². The molecule has 2 N–H and O–H groups in total. The van der Waals surface area contributed by atoms with E-state index in [1.54, 1.807) is 19.1 Å². The van der Waals surface area contributed by atoms with E-state index in [0.717, 1.165) is 3.57 Å². The summed E-state index contributed by atoms with van der Waals surface area (Å²) < 4.78 is 1.05. The van der Waals surface area contributed by atoms with Crippen LogP contribution in [0.15, 0.2) is 24.3 Å². The molecule has 1 unspecified atom stereocenters. The number of halogens is 1. The van der Waals surface area contributed by atoms with Crippen LogP contribution in [0.5, 0.6) is 0 Å². The van der Waals surface area contributed by atoms with Gasteiger partial charge in [-0.1, -0.05) is 0 Å². The van der Waals surface area contributed by atoms with Gasteiger partial charge in [0, 0.05) is 15.2 Å². The lowest BCUT2D eigenvalue weighted by Crippen LogP contribution is -2.34. The Balaban J connectivity index is 2.58. The van der Waals surface area contributed by atoms with Crippen molar-refractivity contribution in [3.63, 3.8) is 0 Å². The number of hydrogen-bond donors (Lipinski definition) is 2. The molecule has 1 aromatic rings. The quantitative estimate of drug-likeness (QED) is 0.827. The predicted octanol–water partition coefficient (Wildman–Crippen LogP) is 1.88. The minimum absolute atomic E-state index is 0.0733. The Morgan fingerprint density at radius 3 is 2.44 bits per heavy atom. The van der Waals surface area contributed by atoms with Crippen molar-refractivity contribution in [1.82, 2.24) is 5.32 Å². The van der Waals surface area contributed by atoms with Crippen molar-refractivity contribution < 1.29 is 14.7 Å². The molecule has 1 amide bonds. The Hall–Kier alpha value is -1.11. The minimum atomic E-state index is -0.921. The van der Waals surface area contributed by atoms with Gasteiger partial charge < -0.3 is 10.4 Å². The van der Waals surface area contributed by atoms with Gasteiger partial charge in [0.1, 0.15) is 0 Å². The van der Waals surface area contributed by atoms with E-state index in [1.165, 1.54) is 0 Å². The van der Waals surface area contributed by atoms with E-state index in [9.17, 15) is 9.59 Å². The van der Waals surface area contributed by atoms with Crippen LogP contribution in [0.1, 0.15) is 23.7 Å². The fourth-order valence-electron chi connectivity index (χ4n) is 1.22. The topological polar surface area (TPSA) is 66.4 Å². The van der Waals surface area contributed by atoms with Crippen molar-refractivity contribution in [3.8, 4) is 0 Å². The summed E-state index contributed by atoms with van der Waals surface area (Å²) in [6.45, 7) is 1.67. The van der Waals surface area contributed by atoms with Gasteiger partial charge in [0.25, 0.3) is 5.91 Å². The van der Waals surface area contributed by atoms with Crippen LogP contribution in [0.2, 0.25) is 0 Å². The van der Waals surface area contributed by atoms with Gasteiger partial charge in [-0.2, -0.15) is 0 Å². The monoisotopic (exact) mass is 333 g/mol. The highest BCUT2D eigenvalue weighted by Gasteiger charge is 2.12. The van der Waals surface area contributed by atoms with E-state index in [1.807, 2.05) is 12.1 Å². The molecule has 0 aromatic heterocycles. The highest BCUT2D eigenvalue weighted by Crippen LogP contribution is 2.07. The number of rotatable bonds is 4. The van der Waals surface area contributed by atoms with Crippen LogP contribution < -0.4 is 5.32 Å². The highest BCUT2D eigenvalue weighted by molar-refractivity contribution is 14.1. The van der Waals surface area contributed by atoms with Crippen LogP contribution in [-0.4, -0.2) is 23.0 Å². The van der Waals surface area contributed by atoms with E-state index in [4.69, 9.17) is 5.11 Å². The fraction of sp³-hybridized carbons (Fsp3) is 0.273. The number of benzene rings is 1. The lowest BCUT2D eigenvalue weighted by atomic mass is 10.2. The van der Waals surface area contributed by atoms with E-state index in [2.05, 4.69) is 27.9 Å². The molecule has 86 valence electrons. The van der Waals surface area contributed by atoms with Gasteiger partial charge in [-0.15, -0.1) is 0 Å². The van der Waals surface area contributed by atoms with Crippen LogP contribution >= 0.6 is 22.6 Å². The van der Waals surface area contributed by atoms with E-state index < -0.39 is 5.97 Å². The van der Waals surface area contributed by atoms with Gasteiger partial charge in [-0.05, 0) is 53.8 Å². The molecule has 0 aliphatic carbocycles. The van der Waals surface area contributed by atoms with Crippen molar-refractivity contribution in [2.45, 2.75) is 19.4 Å². The third-order valence-electron chi connectivity index (χ3n) is 1.96. The molecule has 0 saturated carbocycles. The standard InChI is InChI=1S/C11H12INO3/c1-7(6-10(14)15)13-11(16)8-2-4-9(12)5-3-8/h2-5,7H,6H2,1H3,(H,13,16)(H,14,15). The average Bonchev–Trinajstić information content (AvgIpc) is 2.16. The number of carboxylic acid groups (broad SMARTS) is 1. The fourth-order valence-corrected chi connectivity index (χ4v) is 1.58. The van der Waals surface area contributed by atoms with E-state index in [0.29, 0.717) is 5.56 Å². The molecule has 5 heteroatoms. The number of carbonyl (C=O) groups excluding carboxylic acids is 1. The highest BCUT2D eigenvalue weighted by atomic mass is 127. The average molecular weight is 333 g/mol. The first-order valence-electron chi connectivity index (χ1n) is 4.77. The van der Waals surface area contributed by atoms with Crippen molar-refractivity contribution in [2.24, 2.45) is 0 Å². The van der Waals surface area contributed by atoms with E-state index in [-0.39, 0.29) is 18.4 Å². The van der Waals surface area contributed by atoms with Crippen LogP contribution in [0.25, 0.3) is 0 Å². The summed E-state index contributed by atoms with van der Waals surface area (Å²) >= 11 is 2.15. The predicted molar refractivity (Wildman–Crippen MR) is 68.3 cm³/mol. The second kappa shape index (κ2) is 5.83. The molecule has 0 fully saturated rings.